The Balaban J connectivity index is -0.000000158. The standard InChI is InChI=1S/2C8H14O3.C2H4O.O.Zr/c2*1-5(7(10)11)6(9)8(2,3)4;1-2-3;;/h2*5H,1-4H3,(H,10,11);2H,1H3;;/q;;;;+2/p-2. The van der Waals surface area contributed by atoms with Gasteiger partial charge in [-0.2, -0.15) is 0 Å². The quantitative estimate of drug-likeness (QED) is 0.418. The van der Waals surface area contributed by atoms with Crippen molar-refractivity contribution in [2.75, 3.05) is 0 Å². The Morgan fingerprint density at radius 3 is 0.926 bits per heavy atom. The number of aldehydes is 1. The molecule has 0 aromatic heterocycles. The molecule has 0 fully saturated rings. The molecule has 2 atom stereocenters. The van der Waals surface area contributed by atoms with Crippen molar-refractivity contribution < 1.29 is 61.7 Å². The number of hydrogen-bond donors (Lipinski definition) is 0. The Bertz CT molecular complexity index is 458. The summed E-state index contributed by atoms with van der Waals surface area (Å²) in [5.41, 5.74) is -1.20. The molecule has 0 heterocycles. The Hall–Kier alpha value is -1.37. The zero-order chi connectivity index (χ0) is 23.2. The maximum absolute atomic E-state index is 11.2. The van der Waals surface area contributed by atoms with Crippen molar-refractivity contribution in [1.82, 2.24) is 0 Å². The predicted octanol–water partition coefficient (Wildman–Crippen LogP) is 0.0591. The molecule has 0 aliphatic rings. The third kappa shape index (κ3) is 17.8. The van der Waals surface area contributed by atoms with E-state index in [9.17, 15) is 29.4 Å². The molecule has 0 saturated heterocycles. The van der Waals surface area contributed by atoms with Gasteiger partial charge in [-0.15, -0.1) is 0 Å². The Morgan fingerprint density at radius 2 is 0.889 bits per heavy atom. The molecular formula is C18H30O8Zr. The number of ketones is 2. The van der Waals surface area contributed by atoms with E-state index in [1.54, 1.807) is 41.5 Å². The first-order valence-corrected chi connectivity index (χ1v) is 9.05. The van der Waals surface area contributed by atoms with Gasteiger partial charge < -0.3 is 24.6 Å². The second kappa shape index (κ2) is 15.7. The Kier molecular flexibility index (Phi) is 19.3. The predicted molar refractivity (Wildman–Crippen MR) is 89.7 cm³/mol. The fourth-order valence-corrected chi connectivity index (χ4v) is 1.51. The number of carboxylic acids is 2. The summed E-state index contributed by atoms with van der Waals surface area (Å²) in [6.07, 6.45) is 0.750. The minimum atomic E-state index is -1.30. The topological polar surface area (TPSA) is 149 Å². The van der Waals surface area contributed by atoms with E-state index < -0.39 is 34.6 Å². The fraction of sp³-hybridized carbons (Fsp3) is 0.722. The van der Waals surface area contributed by atoms with E-state index in [-0.39, 0.29) is 11.6 Å². The van der Waals surface area contributed by atoms with Gasteiger partial charge >= 0.3 is 27.5 Å². The number of aliphatic carboxylic acids is 2. The van der Waals surface area contributed by atoms with Crippen molar-refractivity contribution in [3.63, 3.8) is 0 Å². The first kappa shape index (κ1) is 33.2. The molecule has 0 N–H and O–H groups in total. The van der Waals surface area contributed by atoms with Gasteiger partial charge in [0.1, 0.15) is 17.9 Å². The second-order valence-corrected chi connectivity index (χ2v) is 7.55. The third-order valence-electron chi connectivity index (χ3n) is 2.97. The van der Waals surface area contributed by atoms with Gasteiger partial charge in [-0.25, -0.2) is 0 Å². The SMILES string of the molecule is CC(C(=O)[O-])C(=O)C(C)(C)C.CC(C(=O)[O-])C(=O)C(C)(C)C.CC=O.[O]=[Zr+2]. The summed E-state index contributed by atoms with van der Waals surface area (Å²) >= 11 is 0.300. The van der Waals surface area contributed by atoms with Crippen molar-refractivity contribution in [2.45, 2.75) is 62.3 Å². The van der Waals surface area contributed by atoms with Crippen molar-refractivity contribution >= 4 is 29.8 Å². The molecular weight excluding hydrogens is 435 g/mol. The van der Waals surface area contributed by atoms with Crippen LogP contribution in [-0.2, 0) is 51.5 Å². The molecule has 8 nitrogen and oxygen atoms in total. The second-order valence-electron chi connectivity index (χ2n) is 7.55. The first-order chi connectivity index (χ1) is 11.9. The van der Waals surface area contributed by atoms with Gasteiger partial charge in [-0.3, -0.25) is 9.59 Å². The summed E-state index contributed by atoms with van der Waals surface area (Å²) in [6, 6.07) is 0. The molecule has 0 bridgehead atoms. The first-order valence-electron chi connectivity index (χ1n) is 8.05. The summed E-state index contributed by atoms with van der Waals surface area (Å²) in [7, 11) is 0. The van der Waals surface area contributed by atoms with Crippen molar-refractivity contribution in [3.05, 3.63) is 0 Å². The van der Waals surface area contributed by atoms with Gasteiger partial charge in [0.2, 0.25) is 0 Å². The van der Waals surface area contributed by atoms with E-state index in [1.807, 2.05) is 0 Å². The number of Topliss-reactive ketones (excluding diaryl/α,β-unsaturated/α-hetero) is 2. The number of rotatable bonds is 4. The molecule has 0 aliphatic heterocycles. The van der Waals surface area contributed by atoms with Gasteiger partial charge in [0.05, 0.1) is 23.8 Å². The Morgan fingerprint density at radius 1 is 0.741 bits per heavy atom. The van der Waals surface area contributed by atoms with E-state index >= 15 is 0 Å². The number of hydrogen-bond acceptors (Lipinski definition) is 8. The summed E-state index contributed by atoms with van der Waals surface area (Å²) in [4.78, 5) is 51.7. The molecule has 0 saturated carbocycles. The molecule has 0 spiro atoms. The number of carbonyl (C=O) groups excluding carboxylic acids is 5. The van der Waals surface area contributed by atoms with Crippen LogP contribution in [0.4, 0.5) is 0 Å². The third-order valence-corrected chi connectivity index (χ3v) is 2.97. The summed E-state index contributed by atoms with van der Waals surface area (Å²) < 4.78 is 8.34. The van der Waals surface area contributed by atoms with Crippen LogP contribution in [0.2, 0.25) is 0 Å². The average molecular weight is 466 g/mol. The molecule has 27 heavy (non-hydrogen) atoms. The van der Waals surface area contributed by atoms with Crippen LogP contribution in [0, 0.1) is 22.7 Å². The van der Waals surface area contributed by atoms with Crippen LogP contribution in [0.3, 0.4) is 0 Å². The zero-order valence-corrected chi connectivity index (χ0v) is 20.0. The molecule has 0 aromatic carbocycles. The van der Waals surface area contributed by atoms with Crippen LogP contribution in [0.15, 0.2) is 0 Å². The van der Waals surface area contributed by atoms with Crippen molar-refractivity contribution in [2.24, 2.45) is 22.7 Å². The monoisotopic (exact) mass is 464 g/mol. The molecule has 2 unspecified atom stereocenters. The number of carboxylic acid groups (broad SMARTS) is 2. The van der Waals surface area contributed by atoms with Crippen LogP contribution < -0.4 is 10.2 Å². The van der Waals surface area contributed by atoms with E-state index in [2.05, 4.69) is 0 Å². The van der Waals surface area contributed by atoms with E-state index in [1.165, 1.54) is 20.8 Å². The summed E-state index contributed by atoms with van der Waals surface area (Å²) in [5.74, 6) is -5.20. The molecule has 0 aromatic rings. The van der Waals surface area contributed by atoms with Crippen LogP contribution in [0.25, 0.3) is 0 Å². The van der Waals surface area contributed by atoms with Gasteiger partial charge in [0, 0.05) is 10.8 Å². The van der Waals surface area contributed by atoms with E-state index in [0.29, 0.717) is 24.7 Å². The van der Waals surface area contributed by atoms with Gasteiger partial charge in [0.15, 0.2) is 0 Å². The zero-order valence-electron chi connectivity index (χ0n) is 17.5. The molecule has 154 valence electrons. The average Bonchev–Trinajstić information content (AvgIpc) is 2.53. The summed E-state index contributed by atoms with van der Waals surface area (Å²) in [6.45, 7) is 14.3. The molecule has 0 radical (unpaired) electrons. The maximum atomic E-state index is 11.2. The Labute approximate surface area is 176 Å². The van der Waals surface area contributed by atoms with Crippen LogP contribution in [0.5, 0.6) is 0 Å². The fourth-order valence-electron chi connectivity index (χ4n) is 1.51. The van der Waals surface area contributed by atoms with Gasteiger partial charge in [0.25, 0.3) is 0 Å². The van der Waals surface area contributed by atoms with E-state index in [0.717, 1.165) is 6.29 Å². The summed E-state index contributed by atoms with van der Waals surface area (Å²) in [5, 5.41) is 20.5. The normalized spacial score (nSPS) is 12.3. The van der Waals surface area contributed by atoms with Crippen LogP contribution >= 0.6 is 0 Å². The van der Waals surface area contributed by atoms with E-state index in [4.69, 9.17) is 7.61 Å². The minimum absolute atomic E-state index is 0.294. The van der Waals surface area contributed by atoms with Crippen molar-refractivity contribution in [1.29, 1.82) is 0 Å². The van der Waals surface area contributed by atoms with Crippen LogP contribution in [-0.4, -0.2) is 29.8 Å². The van der Waals surface area contributed by atoms with Gasteiger partial charge in [-0.1, -0.05) is 55.4 Å². The van der Waals surface area contributed by atoms with Crippen LogP contribution in [0.1, 0.15) is 62.3 Å². The molecule has 0 aliphatic carbocycles. The molecule has 9 heteroatoms. The molecule has 0 rings (SSSR count). The molecule has 0 amide bonds. The number of carbonyl (C=O) groups is 5. The van der Waals surface area contributed by atoms with Crippen molar-refractivity contribution in [3.8, 4) is 0 Å². The van der Waals surface area contributed by atoms with Gasteiger partial charge in [-0.05, 0) is 6.92 Å².